The maximum Gasteiger partial charge on any atom is 0.407 e. The van der Waals surface area contributed by atoms with Gasteiger partial charge in [-0.2, -0.15) is 13.2 Å². The summed E-state index contributed by atoms with van der Waals surface area (Å²) in [5, 5.41) is 12.7. The SMILES string of the molecule is [C-]#[N+]c1ccc(NC(=O)C(C)(O)CS(=O)(=O)c2cccc(-c3ccccc3)c2)cc1C(F)(F)F. The van der Waals surface area contributed by atoms with E-state index in [-0.39, 0.29) is 10.6 Å². The highest BCUT2D eigenvalue weighted by atomic mass is 32.2. The third-order valence-corrected chi connectivity index (χ3v) is 6.86. The number of halogens is 3. The van der Waals surface area contributed by atoms with E-state index in [2.05, 4.69) is 10.2 Å². The number of hydrogen-bond acceptors (Lipinski definition) is 4. The van der Waals surface area contributed by atoms with Crippen LogP contribution in [0.15, 0.2) is 77.7 Å². The average Bonchev–Trinajstić information content (AvgIpc) is 2.78. The van der Waals surface area contributed by atoms with Gasteiger partial charge in [-0.1, -0.05) is 48.5 Å². The molecule has 0 saturated carbocycles. The van der Waals surface area contributed by atoms with Gasteiger partial charge in [0.05, 0.1) is 22.8 Å². The molecule has 0 heterocycles. The molecule has 0 aromatic heterocycles. The monoisotopic (exact) mass is 488 g/mol. The van der Waals surface area contributed by atoms with Crippen LogP contribution in [0.1, 0.15) is 12.5 Å². The first-order valence-electron chi connectivity index (χ1n) is 9.84. The number of anilines is 1. The van der Waals surface area contributed by atoms with E-state index in [1.54, 1.807) is 30.3 Å². The quantitative estimate of drug-likeness (QED) is 0.474. The number of amides is 1. The summed E-state index contributed by atoms with van der Waals surface area (Å²) in [5.41, 5.74) is -3.33. The van der Waals surface area contributed by atoms with Crippen molar-refractivity contribution in [3.63, 3.8) is 0 Å². The Balaban J connectivity index is 1.83. The molecular weight excluding hydrogens is 469 g/mol. The Labute approximate surface area is 194 Å². The number of hydrogen-bond donors (Lipinski definition) is 2. The Hall–Kier alpha value is -3.68. The van der Waals surface area contributed by atoms with Crippen LogP contribution >= 0.6 is 0 Å². The Morgan fingerprint density at radius 2 is 1.65 bits per heavy atom. The Bertz CT molecular complexity index is 1360. The summed E-state index contributed by atoms with van der Waals surface area (Å²) in [4.78, 5) is 15.3. The van der Waals surface area contributed by atoms with E-state index < -0.39 is 44.5 Å². The normalized spacial score (nSPS) is 13.5. The molecule has 6 nitrogen and oxygen atoms in total. The predicted octanol–water partition coefficient (Wildman–Crippen LogP) is 5.09. The van der Waals surface area contributed by atoms with Gasteiger partial charge in [0.15, 0.2) is 21.1 Å². The van der Waals surface area contributed by atoms with E-state index >= 15 is 0 Å². The second-order valence-corrected chi connectivity index (χ2v) is 9.71. The molecule has 0 spiro atoms. The van der Waals surface area contributed by atoms with Crippen LogP contribution in [0, 0.1) is 6.57 Å². The van der Waals surface area contributed by atoms with Crippen molar-refractivity contribution < 1.29 is 31.5 Å². The summed E-state index contributed by atoms with van der Waals surface area (Å²) in [5.74, 6) is -2.21. The largest absolute Gasteiger partial charge is 0.407 e. The zero-order valence-electron chi connectivity index (χ0n) is 17.8. The molecule has 1 atom stereocenters. The van der Waals surface area contributed by atoms with Crippen molar-refractivity contribution in [3.05, 3.63) is 89.8 Å². The fourth-order valence-electron chi connectivity index (χ4n) is 3.22. The number of carbonyl (C=O) groups is 1. The molecule has 3 aromatic carbocycles. The molecule has 2 N–H and O–H groups in total. The third kappa shape index (κ3) is 5.62. The maximum atomic E-state index is 13.2. The van der Waals surface area contributed by atoms with Crippen LogP contribution in [-0.2, 0) is 20.8 Å². The van der Waals surface area contributed by atoms with Crippen LogP contribution in [0.5, 0.6) is 0 Å². The van der Waals surface area contributed by atoms with E-state index in [0.717, 1.165) is 24.6 Å². The van der Waals surface area contributed by atoms with E-state index in [9.17, 15) is 31.5 Å². The Morgan fingerprint density at radius 1 is 1.00 bits per heavy atom. The van der Waals surface area contributed by atoms with Gasteiger partial charge in [-0.05, 0) is 42.3 Å². The summed E-state index contributed by atoms with van der Waals surface area (Å²) < 4.78 is 65.4. The number of carbonyl (C=O) groups excluding carboxylic acids is 1. The predicted molar refractivity (Wildman–Crippen MR) is 121 cm³/mol. The number of aliphatic hydroxyl groups is 1. The van der Waals surface area contributed by atoms with Gasteiger partial charge in [-0.25, -0.2) is 13.3 Å². The zero-order valence-corrected chi connectivity index (χ0v) is 18.6. The molecule has 0 aliphatic rings. The topological polar surface area (TPSA) is 87.8 Å². The maximum absolute atomic E-state index is 13.2. The smallest absolute Gasteiger partial charge is 0.379 e. The minimum Gasteiger partial charge on any atom is -0.379 e. The van der Waals surface area contributed by atoms with Crippen molar-refractivity contribution in [2.24, 2.45) is 0 Å². The van der Waals surface area contributed by atoms with Gasteiger partial charge in [0.1, 0.15) is 0 Å². The molecule has 0 aliphatic carbocycles. The first-order chi connectivity index (χ1) is 15.8. The van der Waals surface area contributed by atoms with E-state index in [4.69, 9.17) is 6.57 Å². The number of nitrogens with one attached hydrogen (secondary N) is 1. The molecule has 0 radical (unpaired) electrons. The van der Waals surface area contributed by atoms with Crippen LogP contribution in [0.4, 0.5) is 24.5 Å². The van der Waals surface area contributed by atoms with Crippen molar-refractivity contribution in [3.8, 4) is 11.1 Å². The van der Waals surface area contributed by atoms with Crippen LogP contribution in [0.2, 0.25) is 0 Å². The van der Waals surface area contributed by atoms with Crippen LogP contribution < -0.4 is 5.32 Å². The third-order valence-electron chi connectivity index (χ3n) is 4.94. The average molecular weight is 488 g/mol. The Kier molecular flexibility index (Phi) is 6.82. The lowest BCUT2D eigenvalue weighted by Gasteiger charge is -2.23. The van der Waals surface area contributed by atoms with Crippen molar-refractivity contribution in [2.45, 2.75) is 23.6 Å². The number of benzene rings is 3. The molecule has 3 rings (SSSR count). The number of nitrogens with zero attached hydrogens (tertiary/aromatic N) is 1. The summed E-state index contributed by atoms with van der Waals surface area (Å²) in [6.45, 7) is 7.81. The summed E-state index contributed by atoms with van der Waals surface area (Å²) in [6.07, 6.45) is -4.84. The molecule has 10 heteroatoms. The van der Waals surface area contributed by atoms with Crippen molar-refractivity contribution in [2.75, 3.05) is 11.1 Å². The van der Waals surface area contributed by atoms with Gasteiger partial charge < -0.3 is 10.4 Å². The lowest BCUT2D eigenvalue weighted by molar-refractivity contribution is -0.137. The molecule has 34 heavy (non-hydrogen) atoms. The highest BCUT2D eigenvalue weighted by molar-refractivity contribution is 7.91. The standard InChI is InChI=1S/C24H19F3N2O4S/c1-23(31,22(30)29-18-11-12-21(28-2)20(14-18)24(25,26)27)15-34(32,33)19-10-6-9-17(13-19)16-7-4-3-5-8-16/h3-14,31H,15H2,1H3,(H,29,30). The van der Waals surface area contributed by atoms with Crippen LogP contribution in [0.3, 0.4) is 0 Å². The molecule has 0 fully saturated rings. The first kappa shape index (κ1) is 25.0. The second kappa shape index (κ2) is 9.29. The van der Waals surface area contributed by atoms with Crippen molar-refractivity contribution in [1.82, 2.24) is 0 Å². The fraction of sp³-hybridized carbons (Fsp3) is 0.167. The van der Waals surface area contributed by atoms with Gasteiger partial charge in [-0.3, -0.25) is 4.79 Å². The highest BCUT2D eigenvalue weighted by Crippen LogP contribution is 2.38. The molecule has 176 valence electrons. The van der Waals surface area contributed by atoms with Gasteiger partial charge in [0, 0.05) is 5.69 Å². The lowest BCUT2D eigenvalue weighted by Crippen LogP contribution is -2.45. The highest BCUT2D eigenvalue weighted by Gasteiger charge is 2.38. The minimum atomic E-state index is -4.84. The number of sulfone groups is 1. The molecular formula is C24H19F3N2O4S. The molecule has 0 aliphatic heterocycles. The molecule has 0 bridgehead atoms. The molecule has 0 saturated heterocycles. The fourth-order valence-corrected chi connectivity index (χ4v) is 4.85. The summed E-state index contributed by atoms with van der Waals surface area (Å²) in [6, 6.07) is 17.5. The van der Waals surface area contributed by atoms with E-state index in [0.29, 0.717) is 11.6 Å². The van der Waals surface area contributed by atoms with Gasteiger partial charge >= 0.3 is 6.18 Å². The molecule has 3 aromatic rings. The van der Waals surface area contributed by atoms with Crippen molar-refractivity contribution in [1.29, 1.82) is 0 Å². The number of rotatable bonds is 6. The first-order valence-corrected chi connectivity index (χ1v) is 11.5. The summed E-state index contributed by atoms with van der Waals surface area (Å²) in [7, 11) is -4.16. The van der Waals surface area contributed by atoms with Gasteiger partial charge in [-0.15, -0.1) is 0 Å². The lowest BCUT2D eigenvalue weighted by atomic mass is 10.1. The zero-order chi connectivity index (χ0) is 25.1. The van der Waals surface area contributed by atoms with E-state index in [1.807, 2.05) is 6.07 Å². The van der Waals surface area contributed by atoms with Gasteiger partial charge in [0.25, 0.3) is 5.91 Å². The van der Waals surface area contributed by atoms with E-state index in [1.165, 1.54) is 18.2 Å². The van der Waals surface area contributed by atoms with Crippen LogP contribution in [0.25, 0.3) is 16.0 Å². The van der Waals surface area contributed by atoms with Crippen molar-refractivity contribution >= 4 is 27.1 Å². The summed E-state index contributed by atoms with van der Waals surface area (Å²) >= 11 is 0. The second-order valence-electron chi connectivity index (χ2n) is 7.72. The Morgan fingerprint density at radius 3 is 2.26 bits per heavy atom. The minimum absolute atomic E-state index is 0.123. The molecule has 1 amide bonds. The van der Waals surface area contributed by atoms with Gasteiger partial charge in [0.2, 0.25) is 0 Å². The molecule has 1 unspecified atom stereocenters. The number of alkyl halides is 3. The van der Waals surface area contributed by atoms with Crippen LogP contribution in [-0.4, -0.2) is 30.8 Å².